The maximum atomic E-state index is 12.2. The van der Waals surface area contributed by atoms with Gasteiger partial charge in [0.1, 0.15) is 0 Å². The van der Waals surface area contributed by atoms with Gasteiger partial charge >= 0.3 is 0 Å². The van der Waals surface area contributed by atoms with Crippen molar-refractivity contribution in [1.82, 2.24) is 14.9 Å². The average Bonchev–Trinajstić information content (AvgIpc) is 3.16. The summed E-state index contributed by atoms with van der Waals surface area (Å²) in [5.74, 6) is 1.44. The van der Waals surface area contributed by atoms with Crippen molar-refractivity contribution in [1.29, 1.82) is 0 Å². The van der Waals surface area contributed by atoms with Gasteiger partial charge in [0.2, 0.25) is 0 Å². The SMILES string of the molecule is COc1ccc(-c2ccc(CN3CCc4[nH]c(=S)[nH]c(=O)c4C3)s2)cc1OC. The lowest BCUT2D eigenvalue weighted by molar-refractivity contribution is 0.243. The van der Waals surface area contributed by atoms with Gasteiger partial charge in [0.25, 0.3) is 5.56 Å². The van der Waals surface area contributed by atoms with Gasteiger partial charge in [0, 0.05) is 41.5 Å². The summed E-state index contributed by atoms with van der Waals surface area (Å²) >= 11 is 6.81. The Morgan fingerprint density at radius 2 is 1.96 bits per heavy atom. The van der Waals surface area contributed by atoms with Crippen LogP contribution in [-0.4, -0.2) is 35.6 Å². The molecule has 0 unspecified atom stereocenters. The highest BCUT2D eigenvalue weighted by Crippen LogP contribution is 2.35. The van der Waals surface area contributed by atoms with E-state index in [0.717, 1.165) is 47.8 Å². The fourth-order valence-corrected chi connectivity index (χ4v) is 4.74. The molecule has 1 aromatic carbocycles. The number of methoxy groups -OCH3 is 2. The second kappa shape index (κ2) is 7.90. The first-order valence-electron chi connectivity index (χ1n) is 8.95. The highest BCUT2D eigenvalue weighted by atomic mass is 32.1. The number of aromatic amines is 2. The van der Waals surface area contributed by atoms with Crippen molar-refractivity contribution < 1.29 is 9.47 Å². The predicted molar refractivity (Wildman–Crippen MR) is 113 cm³/mol. The van der Waals surface area contributed by atoms with Crippen molar-refractivity contribution in [2.45, 2.75) is 19.5 Å². The molecule has 0 fully saturated rings. The largest absolute Gasteiger partial charge is 0.493 e. The highest BCUT2D eigenvalue weighted by molar-refractivity contribution is 7.71. The van der Waals surface area contributed by atoms with Crippen molar-refractivity contribution in [3.8, 4) is 21.9 Å². The van der Waals surface area contributed by atoms with E-state index in [0.29, 0.717) is 11.3 Å². The summed E-state index contributed by atoms with van der Waals surface area (Å²) in [7, 11) is 3.28. The van der Waals surface area contributed by atoms with Crippen LogP contribution >= 0.6 is 23.6 Å². The number of fused-ring (bicyclic) bond motifs is 1. The third-order valence-electron chi connectivity index (χ3n) is 4.90. The van der Waals surface area contributed by atoms with Crippen LogP contribution in [0.25, 0.3) is 10.4 Å². The van der Waals surface area contributed by atoms with Gasteiger partial charge in [-0.25, -0.2) is 0 Å². The number of ether oxygens (including phenoxy) is 2. The van der Waals surface area contributed by atoms with Gasteiger partial charge in [-0.3, -0.25) is 14.7 Å². The number of rotatable bonds is 5. The Bertz CT molecular complexity index is 1120. The third-order valence-corrected chi connectivity index (χ3v) is 6.22. The van der Waals surface area contributed by atoms with Crippen LogP contribution < -0.4 is 15.0 Å². The summed E-state index contributed by atoms with van der Waals surface area (Å²) in [5, 5.41) is 0. The smallest absolute Gasteiger partial charge is 0.256 e. The highest BCUT2D eigenvalue weighted by Gasteiger charge is 2.20. The van der Waals surface area contributed by atoms with Crippen molar-refractivity contribution in [3.05, 3.63) is 61.6 Å². The van der Waals surface area contributed by atoms with E-state index in [1.807, 2.05) is 18.2 Å². The number of nitrogens with one attached hydrogen (secondary N) is 2. The molecule has 6 nitrogen and oxygen atoms in total. The molecular weight excluding hydrogens is 394 g/mol. The zero-order valence-electron chi connectivity index (χ0n) is 15.7. The van der Waals surface area contributed by atoms with Crippen LogP contribution in [0.3, 0.4) is 0 Å². The summed E-state index contributed by atoms with van der Waals surface area (Å²) < 4.78 is 11.1. The molecule has 0 atom stereocenters. The summed E-state index contributed by atoms with van der Waals surface area (Å²) in [4.78, 5) is 22.7. The maximum absolute atomic E-state index is 12.2. The molecule has 0 saturated carbocycles. The number of hydrogen-bond acceptors (Lipinski definition) is 6. The lowest BCUT2D eigenvalue weighted by Gasteiger charge is -2.27. The van der Waals surface area contributed by atoms with E-state index in [1.54, 1.807) is 25.6 Å². The molecule has 3 aromatic rings. The third kappa shape index (κ3) is 3.76. The molecule has 2 aromatic heterocycles. The molecule has 0 spiro atoms. The second-order valence-corrected chi connectivity index (χ2v) is 8.24. The number of nitrogens with zero attached hydrogens (tertiary/aromatic N) is 1. The predicted octanol–water partition coefficient (Wildman–Crippen LogP) is 3.74. The first kappa shape index (κ1) is 18.9. The van der Waals surface area contributed by atoms with Crippen molar-refractivity contribution in [3.63, 3.8) is 0 Å². The van der Waals surface area contributed by atoms with E-state index < -0.39 is 0 Å². The zero-order valence-corrected chi connectivity index (χ0v) is 17.3. The van der Waals surface area contributed by atoms with Crippen LogP contribution in [0.2, 0.25) is 0 Å². The molecule has 28 heavy (non-hydrogen) atoms. The van der Waals surface area contributed by atoms with Crippen LogP contribution in [0.15, 0.2) is 35.1 Å². The van der Waals surface area contributed by atoms with Crippen LogP contribution in [0.1, 0.15) is 16.1 Å². The number of H-pyrrole nitrogens is 2. The van der Waals surface area contributed by atoms with E-state index in [1.165, 1.54) is 9.75 Å². The monoisotopic (exact) mass is 415 g/mol. The molecule has 4 rings (SSSR count). The molecular formula is C20H21N3O3S2. The summed E-state index contributed by atoms with van der Waals surface area (Å²) in [5.41, 5.74) is 2.77. The van der Waals surface area contributed by atoms with E-state index in [2.05, 4.69) is 27.0 Å². The fourth-order valence-electron chi connectivity index (χ4n) is 3.48. The summed E-state index contributed by atoms with van der Waals surface area (Å²) in [6, 6.07) is 10.2. The topological polar surface area (TPSA) is 70.3 Å². The van der Waals surface area contributed by atoms with E-state index >= 15 is 0 Å². The molecule has 1 aliphatic rings. The standard InChI is InChI=1S/C20H21N3O3S2/c1-25-16-5-3-12(9-17(16)26-2)18-6-4-13(28-18)10-23-8-7-15-14(11-23)19(24)22-20(27)21-15/h3-6,9H,7-8,10-11H2,1-2H3,(H2,21,22,24,27). The molecule has 1 aliphatic heterocycles. The molecule has 0 saturated heterocycles. The molecule has 0 radical (unpaired) electrons. The van der Waals surface area contributed by atoms with Crippen LogP contribution in [-0.2, 0) is 19.5 Å². The average molecular weight is 416 g/mol. The second-order valence-electron chi connectivity index (χ2n) is 6.66. The Morgan fingerprint density at radius 1 is 1.14 bits per heavy atom. The van der Waals surface area contributed by atoms with Gasteiger partial charge in [-0.1, -0.05) is 0 Å². The van der Waals surface area contributed by atoms with Gasteiger partial charge in [-0.05, 0) is 48.1 Å². The van der Waals surface area contributed by atoms with E-state index in [-0.39, 0.29) is 5.56 Å². The molecule has 0 amide bonds. The van der Waals surface area contributed by atoms with Gasteiger partial charge < -0.3 is 14.5 Å². The minimum atomic E-state index is -0.0827. The normalized spacial score (nSPS) is 13.9. The Hall–Kier alpha value is -2.42. The number of aromatic nitrogens is 2. The number of benzene rings is 1. The Kier molecular flexibility index (Phi) is 5.34. The van der Waals surface area contributed by atoms with Gasteiger partial charge in [0.05, 0.1) is 19.8 Å². The van der Waals surface area contributed by atoms with Crippen molar-refractivity contribution in [2.75, 3.05) is 20.8 Å². The van der Waals surface area contributed by atoms with Crippen LogP contribution in [0, 0.1) is 4.77 Å². The first-order valence-corrected chi connectivity index (χ1v) is 10.2. The van der Waals surface area contributed by atoms with Crippen molar-refractivity contribution >= 4 is 23.6 Å². The van der Waals surface area contributed by atoms with Crippen LogP contribution in [0.4, 0.5) is 0 Å². The van der Waals surface area contributed by atoms with Crippen LogP contribution in [0.5, 0.6) is 11.5 Å². The summed E-state index contributed by atoms with van der Waals surface area (Å²) in [6.45, 7) is 2.33. The van der Waals surface area contributed by atoms with Crippen molar-refractivity contribution in [2.24, 2.45) is 0 Å². The maximum Gasteiger partial charge on any atom is 0.256 e. The fraction of sp³-hybridized carbons (Fsp3) is 0.300. The molecule has 0 bridgehead atoms. The number of thiophene rings is 1. The Labute approximate surface area is 171 Å². The zero-order chi connectivity index (χ0) is 19.7. The molecule has 8 heteroatoms. The van der Waals surface area contributed by atoms with E-state index in [9.17, 15) is 4.79 Å². The molecule has 2 N–H and O–H groups in total. The van der Waals surface area contributed by atoms with Gasteiger partial charge in [-0.2, -0.15) is 0 Å². The Morgan fingerprint density at radius 3 is 2.75 bits per heavy atom. The molecule has 146 valence electrons. The van der Waals surface area contributed by atoms with Gasteiger partial charge in [0.15, 0.2) is 16.3 Å². The molecule has 0 aliphatic carbocycles. The Balaban J connectivity index is 1.51. The van der Waals surface area contributed by atoms with Gasteiger partial charge in [-0.15, -0.1) is 11.3 Å². The number of hydrogen-bond donors (Lipinski definition) is 2. The molecule has 3 heterocycles. The lowest BCUT2D eigenvalue weighted by atomic mass is 10.1. The van der Waals surface area contributed by atoms with E-state index in [4.69, 9.17) is 21.7 Å². The lowest BCUT2D eigenvalue weighted by Crippen LogP contribution is -2.35. The summed E-state index contributed by atoms with van der Waals surface area (Å²) in [6.07, 6.45) is 0.802. The quantitative estimate of drug-likeness (QED) is 0.622. The minimum absolute atomic E-state index is 0.0827. The first-order chi connectivity index (χ1) is 13.6. The minimum Gasteiger partial charge on any atom is -0.493 e.